The fourth-order valence-electron chi connectivity index (χ4n) is 2.30. The minimum atomic E-state index is -0.180. The van der Waals surface area contributed by atoms with Crippen molar-refractivity contribution in [3.8, 4) is 0 Å². The standard InChI is InChI=1S/C17H17ClN6O/c1-10-15(9-21-24-10)23-16-7-14(12(18)8-20-16)22-13-6-4-3-5-11(13)17(25)19-2/h3-9H,1-2H3,(H,19,25)(H,21,24)(H2,20,22,23). The lowest BCUT2D eigenvalue weighted by Crippen LogP contribution is -2.19. The molecule has 0 bridgehead atoms. The van der Waals surface area contributed by atoms with Crippen LogP contribution in [-0.2, 0) is 0 Å². The minimum absolute atomic E-state index is 0.180. The van der Waals surface area contributed by atoms with Gasteiger partial charge in [-0.15, -0.1) is 0 Å². The van der Waals surface area contributed by atoms with E-state index in [4.69, 9.17) is 11.6 Å². The van der Waals surface area contributed by atoms with E-state index < -0.39 is 0 Å². The van der Waals surface area contributed by atoms with Gasteiger partial charge in [-0.3, -0.25) is 9.89 Å². The minimum Gasteiger partial charge on any atom is -0.355 e. The number of carbonyl (C=O) groups is 1. The number of carbonyl (C=O) groups excluding carboxylic acids is 1. The number of H-pyrrole nitrogens is 1. The van der Waals surface area contributed by atoms with Crippen molar-refractivity contribution in [2.24, 2.45) is 0 Å². The van der Waals surface area contributed by atoms with E-state index in [1.807, 2.05) is 19.1 Å². The van der Waals surface area contributed by atoms with E-state index in [2.05, 4.69) is 31.1 Å². The van der Waals surface area contributed by atoms with Crippen molar-refractivity contribution in [1.82, 2.24) is 20.5 Å². The van der Waals surface area contributed by atoms with Gasteiger partial charge in [0.25, 0.3) is 5.91 Å². The summed E-state index contributed by atoms with van der Waals surface area (Å²) in [5, 5.41) is 16.3. The third-order valence-corrected chi connectivity index (χ3v) is 3.92. The van der Waals surface area contributed by atoms with Crippen molar-refractivity contribution in [1.29, 1.82) is 0 Å². The molecule has 0 fully saturated rings. The van der Waals surface area contributed by atoms with Crippen molar-refractivity contribution in [3.05, 3.63) is 59.0 Å². The molecule has 0 atom stereocenters. The molecule has 0 unspecified atom stereocenters. The van der Waals surface area contributed by atoms with Crippen LogP contribution in [0.15, 0.2) is 42.7 Å². The number of nitrogens with zero attached hydrogens (tertiary/aromatic N) is 2. The van der Waals surface area contributed by atoms with Crippen LogP contribution < -0.4 is 16.0 Å². The first-order valence-electron chi connectivity index (χ1n) is 7.59. The number of aromatic nitrogens is 3. The number of hydrogen-bond donors (Lipinski definition) is 4. The number of benzene rings is 1. The molecule has 2 heterocycles. The number of anilines is 4. The Labute approximate surface area is 149 Å². The van der Waals surface area contributed by atoms with Gasteiger partial charge in [0.15, 0.2) is 0 Å². The van der Waals surface area contributed by atoms with Crippen LogP contribution in [0.25, 0.3) is 0 Å². The van der Waals surface area contributed by atoms with Gasteiger partial charge in [0.05, 0.1) is 39.5 Å². The summed E-state index contributed by atoms with van der Waals surface area (Å²) in [5.41, 5.74) is 3.47. The average Bonchev–Trinajstić information content (AvgIpc) is 3.02. The summed E-state index contributed by atoms with van der Waals surface area (Å²) in [6.45, 7) is 1.88. The molecule has 0 saturated carbocycles. The average molecular weight is 357 g/mol. The monoisotopic (exact) mass is 356 g/mol. The van der Waals surface area contributed by atoms with Crippen molar-refractivity contribution in [2.45, 2.75) is 6.92 Å². The number of aryl methyl sites for hydroxylation is 1. The number of halogens is 1. The number of para-hydroxylation sites is 1. The predicted octanol–water partition coefficient (Wildman–Crippen LogP) is 3.61. The van der Waals surface area contributed by atoms with Crippen molar-refractivity contribution in [3.63, 3.8) is 0 Å². The first-order chi connectivity index (χ1) is 12.1. The molecule has 0 spiro atoms. The van der Waals surface area contributed by atoms with E-state index >= 15 is 0 Å². The van der Waals surface area contributed by atoms with Crippen molar-refractivity contribution >= 4 is 40.4 Å². The van der Waals surface area contributed by atoms with Gasteiger partial charge in [0, 0.05) is 19.3 Å². The van der Waals surface area contributed by atoms with Crippen LogP contribution in [-0.4, -0.2) is 28.1 Å². The zero-order chi connectivity index (χ0) is 17.8. The fraction of sp³-hybridized carbons (Fsp3) is 0.118. The van der Waals surface area contributed by atoms with Gasteiger partial charge in [-0.1, -0.05) is 23.7 Å². The Morgan fingerprint density at radius 1 is 1.16 bits per heavy atom. The molecule has 2 aromatic heterocycles. The number of nitrogens with one attached hydrogen (secondary N) is 4. The fourth-order valence-corrected chi connectivity index (χ4v) is 2.45. The van der Waals surface area contributed by atoms with Crippen LogP contribution in [0.3, 0.4) is 0 Å². The molecule has 7 nitrogen and oxygen atoms in total. The second kappa shape index (κ2) is 7.23. The summed E-state index contributed by atoms with van der Waals surface area (Å²) < 4.78 is 0. The highest BCUT2D eigenvalue weighted by atomic mass is 35.5. The third-order valence-electron chi connectivity index (χ3n) is 3.62. The van der Waals surface area contributed by atoms with Crippen LogP contribution in [0.4, 0.5) is 22.9 Å². The first kappa shape index (κ1) is 16.8. The van der Waals surface area contributed by atoms with Gasteiger partial charge < -0.3 is 16.0 Å². The van der Waals surface area contributed by atoms with E-state index in [9.17, 15) is 4.79 Å². The highest BCUT2D eigenvalue weighted by Crippen LogP contribution is 2.29. The molecule has 1 aromatic carbocycles. The molecule has 0 aliphatic heterocycles. The number of pyridine rings is 1. The Hall–Kier alpha value is -3.06. The third kappa shape index (κ3) is 3.72. The van der Waals surface area contributed by atoms with Crippen LogP contribution in [0.1, 0.15) is 16.1 Å². The van der Waals surface area contributed by atoms with E-state index in [1.165, 1.54) is 0 Å². The lowest BCUT2D eigenvalue weighted by atomic mass is 10.1. The lowest BCUT2D eigenvalue weighted by Gasteiger charge is -2.13. The van der Waals surface area contributed by atoms with Gasteiger partial charge in [-0.05, 0) is 19.1 Å². The Balaban J connectivity index is 1.89. The summed E-state index contributed by atoms with van der Waals surface area (Å²) in [4.78, 5) is 16.3. The molecule has 128 valence electrons. The van der Waals surface area contributed by atoms with Crippen LogP contribution in [0, 0.1) is 6.92 Å². The molecule has 4 N–H and O–H groups in total. The molecular weight excluding hydrogens is 340 g/mol. The van der Waals surface area contributed by atoms with Gasteiger partial charge in [-0.25, -0.2) is 4.98 Å². The Kier molecular flexibility index (Phi) is 4.85. The Morgan fingerprint density at radius 2 is 1.96 bits per heavy atom. The molecule has 0 saturated heterocycles. The smallest absolute Gasteiger partial charge is 0.253 e. The van der Waals surface area contributed by atoms with E-state index in [0.717, 1.165) is 11.4 Å². The topological polar surface area (TPSA) is 94.7 Å². The first-order valence-corrected chi connectivity index (χ1v) is 7.97. The Morgan fingerprint density at radius 3 is 2.68 bits per heavy atom. The zero-order valence-corrected chi connectivity index (χ0v) is 14.5. The van der Waals surface area contributed by atoms with Crippen LogP contribution in [0.5, 0.6) is 0 Å². The van der Waals surface area contributed by atoms with Crippen LogP contribution >= 0.6 is 11.6 Å². The summed E-state index contributed by atoms with van der Waals surface area (Å²) in [7, 11) is 1.59. The number of amides is 1. The molecule has 3 rings (SSSR count). The summed E-state index contributed by atoms with van der Waals surface area (Å²) >= 11 is 6.25. The predicted molar refractivity (Wildman–Crippen MR) is 99.0 cm³/mol. The molecule has 0 radical (unpaired) electrons. The molecule has 3 aromatic rings. The molecule has 0 aliphatic carbocycles. The van der Waals surface area contributed by atoms with Gasteiger partial charge in [0.2, 0.25) is 0 Å². The second-order valence-electron chi connectivity index (χ2n) is 5.31. The molecular formula is C17H17ClN6O. The Bertz CT molecular complexity index is 908. The highest BCUT2D eigenvalue weighted by molar-refractivity contribution is 6.33. The van der Waals surface area contributed by atoms with Crippen molar-refractivity contribution < 1.29 is 4.79 Å². The summed E-state index contributed by atoms with van der Waals surface area (Å²) in [5.74, 6) is 0.425. The van der Waals surface area contributed by atoms with Gasteiger partial charge in [0.1, 0.15) is 5.82 Å². The largest absolute Gasteiger partial charge is 0.355 e. The molecule has 25 heavy (non-hydrogen) atoms. The zero-order valence-electron chi connectivity index (χ0n) is 13.7. The maximum absolute atomic E-state index is 12.0. The quantitative estimate of drug-likeness (QED) is 0.560. The summed E-state index contributed by atoms with van der Waals surface area (Å²) in [6, 6.07) is 8.98. The SMILES string of the molecule is CNC(=O)c1ccccc1Nc1cc(Nc2c[nH]nc2C)ncc1Cl. The maximum atomic E-state index is 12.0. The van der Waals surface area contributed by atoms with Crippen molar-refractivity contribution in [2.75, 3.05) is 17.7 Å². The number of hydrogen-bond acceptors (Lipinski definition) is 5. The van der Waals surface area contributed by atoms with Gasteiger partial charge in [-0.2, -0.15) is 5.10 Å². The number of rotatable bonds is 5. The molecule has 1 amide bonds. The molecule has 0 aliphatic rings. The second-order valence-corrected chi connectivity index (χ2v) is 5.72. The summed E-state index contributed by atoms with van der Waals surface area (Å²) in [6.07, 6.45) is 3.30. The number of aromatic amines is 1. The van der Waals surface area contributed by atoms with Crippen LogP contribution in [0.2, 0.25) is 5.02 Å². The maximum Gasteiger partial charge on any atom is 0.253 e. The normalized spacial score (nSPS) is 10.4. The van der Waals surface area contributed by atoms with E-state index in [-0.39, 0.29) is 5.91 Å². The molecule has 8 heteroatoms. The van der Waals surface area contributed by atoms with E-state index in [0.29, 0.717) is 27.8 Å². The van der Waals surface area contributed by atoms with E-state index in [1.54, 1.807) is 37.6 Å². The lowest BCUT2D eigenvalue weighted by molar-refractivity contribution is 0.0964. The van der Waals surface area contributed by atoms with Gasteiger partial charge >= 0.3 is 0 Å². The highest BCUT2D eigenvalue weighted by Gasteiger charge is 2.12.